The smallest absolute Gasteiger partial charge is 0.0623 e. The fraction of sp³-hybridized carbons (Fsp3) is 0.136. The molecule has 0 unspecified atom stereocenters. The van der Waals surface area contributed by atoms with Gasteiger partial charge in [0.25, 0.3) is 0 Å². The van der Waals surface area contributed by atoms with Crippen molar-refractivity contribution in [2.75, 3.05) is 0 Å². The van der Waals surface area contributed by atoms with E-state index in [2.05, 4.69) is 161 Å². The van der Waals surface area contributed by atoms with Crippen LogP contribution in [-0.2, 0) is 5.41 Å². The number of aryl methyl sites for hydroxylation is 1. The summed E-state index contributed by atoms with van der Waals surface area (Å²) < 4.78 is 0. The molecule has 7 aromatic carbocycles. The molecule has 7 aromatic rings. The molecule has 9 rings (SSSR count). The second kappa shape index (κ2) is 9.16. The molecule has 1 heterocycles. The van der Waals surface area contributed by atoms with Crippen molar-refractivity contribution in [3.8, 4) is 44.5 Å². The lowest BCUT2D eigenvalue weighted by atomic mass is 9.80. The number of benzene rings is 7. The number of hydrogen-bond donors (Lipinski definition) is 0. The zero-order valence-corrected chi connectivity index (χ0v) is 27.6. The van der Waals surface area contributed by atoms with Crippen LogP contribution in [0.2, 0.25) is 13.1 Å². The molecule has 0 radical (unpaired) electrons. The number of hydrogen-bond acceptors (Lipinski definition) is 0. The van der Waals surface area contributed by atoms with Gasteiger partial charge < -0.3 is 0 Å². The summed E-state index contributed by atoms with van der Waals surface area (Å²) in [6.45, 7) is 12.0. The summed E-state index contributed by atoms with van der Waals surface area (Å²) in [7, 11) is -1.72. The minimum absolute atomic E-state index is 0.0405. The van der Waals surface area contributed by atoms with Crippen LogP contribution in [0.3, 0.4) is 0 Å². The molecule has 0 amide bonds. The summed E-state index contributed by atoms with van der Waals surface area (Å²) in [6.07, 6.45) is 0. The Morgan fingerprint density at radius 1 is 0.444 bits per heavy atom. The monoisotopic (exact) mass is 592 g/mol. The van der Waals surface area contributed by atoms with Crippen molar-refractivity contribution >= 4 is 40.0 Å². The van der Waals surface area contributed by atoms with Crippen molar-refractivity contribution in [1.82, 2.24) is 0 Å². The molecule has 1 aliphatic heterocycles. The van der Waals surface area contributed by atoms with Gasteiger partial charge in [-0.1, -0.05) is 148 Å². The molecular formula is C44H36Si. The molecule has 216 valence electrons. The molecule has 0 nitrogen and oxygen atoms in total. The SMILES string of the molecule is Cc1ccc2c(-c3ccc4c(c3)-c3ccccc3[Si]4(C)C)c3ccccc3c(-c3ccc4c(c3)C(C)(C)c3ccccc3-4)c2c1. The van der Waals surface area contributed by atoms with E-state index in [-0.39, 0.29) is 5.41 Å². The Morgan fingerprint density at radius 2 is 1.02 bits per heavy atom. The standard InChI is InChI=1S/C44H36Si/c1-27-18-21-35-37(24-27)43(29-19-22-31-30-12-8-10-16-38(30)44(2,3)39(31)26-29)34-15-7-6-14-33(34)42(35)28-20-23-41-36(25-28)32-13-9-11-17-40(32)45(41,4)5/h6-26H,1-5H3. The minimum atomic E-state index is -1.72. The Balaban J connectivity index is 1.33. The molecular weight excluding hydrogens is 557 g/mol. The molecule has 1 aliphatic carbocycles. The van der Waals surface area contributed by atoms with E-state index in [9.17, 15) is 0 Å². The highest BCUT2D eigenvalue weighted by Gasteiger charge is 2.38. The third-order valence-electron chi connectivity index (χ3n) is 10.9. The lowest BCUT2D eigenvalue weighted by molar-refractivity contribution is 0.660. The lowest BCUT2D eigenvalue weighted by Crippen LogP contribution is -2.49. The maximum atomic E-state index is 2.50. The summed E-state index contributed by atoms with van der Waals surface area (Å²) in [5.74, 6) is 0. The van der Waals surface area contributed by atoms with Gasteiger partial charge in [0.05, 0.1) is 0 Å². The molecule has 0 bridgehead atoms. The highest BCUT2D eigenvalue weighted by Crippen LogP contribution is 2.51. The Hall–Kier alpha value is -4.72. The Labute approximate surface area is 267 Å². The molecule has 0 aromatic heterocycles. The molecule has 0 spiro atoms. The molecule has 0 saturated carbocycles. The van der Waals surface area contributed by atoms with Gasteiger partial charge in [0.1, 0.15) is 8.07 Å². The van der Waals surface area contributed by atoms with Crippen LogP contribution < -0.4 is 10.4 Å². The molecule has 45 heavy (non-hydrogen) atoms. The maximum absolute atomic E-state index is 2.50. The third kappa shape index (κ3) is 3.59. The van der Waals surface area contributed by atoms with Crippen molar-refractivity contribution in [2.45, 2.75) is 39.3 Å². The quantitative estimate of drug-likeness (QED) is 0.138. The molecule has 0 fully saturated rings. The van der Waals surface area contributed by atoms with E-state index in [0.717, 1.165) is 0 Å². The first kappa shape index (κ1) is 26.7. The van der Waals surface area contributed by atoms with Crippen LogP contribution >= 0.6 is 0 Å². The first-order valence-corrected chi connectivity index (χ1v) is 19.2. The van der Waals surface area contributed by atoms with Crippen LogP contribution in [0, 0.1) is 6.92 Å². The molecule has 1 heteroatoms. The average molecular weight is 593 g/mol. The van der Waals surface area contributed by atoms with Crippen LogP contribution in [0.25, 0.3) is 66.1 Å². The highest BCUT2D eigenvalue weighted by atomic mass is 28.3. The van der Waals surface area contributed by atoms with Crippen LogP contribution in [-0.4, -0.2) is 8.07 Å². The minimum Gasteiger partial charge on any atom is -0.0623 e. The first-order valence-electron chi connectivity index (χ1n) is 16.2. The van der Waals surface area contributed by atoms with E-state index < -0.39 is 8.07 Å². The van der Waals surface area contributed by atoms with E-state index in [1.165, 1.54) is 82.7 Å². The van der Waals surface area contributed by atoms with Gasteiger partial charge in [-0.2, -0.15) is 0 Å². The van der Waals surface area contributed by atoms with Crippen molar-refractivity contribution in [3.63, 3.8) is 0 Å². The van der Waals surface area contributed by atoms with Crippen LogP contribution in [0.1, 0.15) is 30.5 Å². The van der Waals surface area contributed by atoms with Gasteiger partial charge >= 0.3 is 0 Å². The topological polar surface area (TPSA) is 0 Å². The van der Waals surface area contributed by atoms with Gasteiger partial charge in [-0.05, 0) is 107 Å². The normalized spacial score (nSPS) is 15.1. The van der Waals surface area contributed by atoms with Gasteiger partial charge in [-0.15, -0.1) is 0 Å². The average Bonchev–Trinajstić information content (AvgIpc) is 3.42. The molecule has 2 aliphatic rings. The summed E-state index contributed by atoms with van der Waals surface area (Å²) in [5.41, 5.74) is 14.9. The van der Waals surface area contributed by atoms with Crippen LogP contribution in [0.4, 0.5) is 0 Å². The molecule has 0 atom stereocenters. The van der Waals surface area contributed by atoms with E-state index in [1.54, 1.807) is 10.4 Å². The van der Waals surface area contributed by atoms with Crippen LogP contribution in [0.15, 0.2) is 127 Å². The fourth-order valence-corrected chi connectivity index (χ4v) is 11.7. The Morgan fingerprint density at radius 3 is 1.82 bits per heavy atom. The summed E-state index contributed by atoms with van der Waals surface area (Å²) >= 11 is 0. The van der Waals surface area contributed by atoms with Crippen molar-refractivity contribution in [2.24, 2.45) is 0 Å². The van der Waals surface area contributed by atoms with E-state index >= 15 is 0 Å². The predicted molar refractivity (Wildman–Crippen MR) is 197 cm³/mol. The third-order valence-corrected chi connectivity index (χ3v) is 14.5. The van der Waals surface area contributed by atoms with Gasteiger partial charge in [0.15, 0.2) is 0 Å². The Bertz CT molecular complexity index is 2390. The summed E-state index contributed by atoms with van der Waals surface area (Å²) in [6, 6.07) is 48.7. The van der Waals surface area contributed by atoms with Gasteiger partial charge in [-0.3, -0.25) is 0 Å². The van der Waals surface area contributed by atoms with Gasteiger partial charge in [-0.25, -0.2) is 0 Å². The largest absolute Gasteiger partial charge is 0.113 e. The Kier molecular flexibility index (Phi) is 5.42. The summed E-state index contributed by atoms with van der Waals surface area (Å²) in [5, 5.41) is 8.38. The zero-order valence-electron chi connectivity index (χ0n) is 26.6. The van der Waals surface area contributed by atoms with Gasteiger partial charge in [0.2, 0.25) is 0 Å². The molecule has 0 saturated heterocycles. The first-order chi connectivity index (χ1) is 21.7. The number of fused-ring (bicyclic) bond motifs is 8. The molecule has 0 N–H and O–H groups in total. The maximum Gasteiger partial charge on any atom is 0.113 e. The van der Waals surface area contributed by atoms with Gasteiger partial charge in [0, 0.05) is 5.41 Å². The van der Waals surface area contributed by atoms with E-state index in [0.29, 0.717) is 0 Å². The van der Waals surface area contributed by atoms with Crippen molar-refractivity contribution in [3.05, 3.63) is 144 Å². The fourth-order valence-electron chi connectivity index (χ4n) is 8.65. The van der Waals surface area contributed by atoms with E-state index in [4.69, 9.17) is 0 Å². The zero-order chi connectivity index (χ0) is 30.7. The predicted octanol–water partition coefficient (Wildman–Crippen LogP) is 10.7. The van der Waals surface area contributed by atoms with Crippen molar-refractivity contribution in [1.29, 1.82) is 0 Å². The highest BCUT2D eigenvalue weighted by molar-refractivity contribution is 7.03. The van der Waals surface area contributed by atoms with Crippen molar-refractivity contribution < 1.29 is 0 Å². The second-order valence-corrected chi connectivity index (χ2v) is 18.5. The lowest BCUT2D eigenvalue weighted by Gasteiger charge is -2.23. The van der Waals surface area contributed by atoms with E-state index in [1.807, 2.05) is 0 Å². The van der Waals surface area contributed by atoms with Crippen LogP contribution in [0.5, 0.6) is 0 Å². The summed E-state index contributed by atoms with van der Waals surface area (Å²) in [4.78, 5) is 0. The number of rotatable bonds is 2. The second-order valence-electron chi connectivity index (χ2n) is 14.2.